The number of nitrogens with zero attached hydrogens (tertiary/aromatic N) is 3. The summed E-state index contributed by atoms with van der Waals surface area (Å²) < 4.78 is 5.19. The molecule has 0 spiro atoms. The summed E-state index contributed by atoms with van der Waals surface area (Å²) in [7, 11) is 0. The second-order valence-corrected chi connectivity index (χ2v) is 6.23. The molecule has 0 N–H and O–H groups in total. The van der Waals surface area contributed by atoms with Crippen molar-refractivity contribution in [2.45, 2.75) is 37.3 Å². The van der Waals surface area contributed by atoms with E-state index in [4.69, 9.17) is 4.52 Å². The Hall–Kier alpha value is -1.82. The Bertz CT molecular complexity index is 671. The van der Waals surface area contributed by atoms with Crippen molar-refractivity contribution in [3.63, 3.8) is 0 Å². The van der Waals surface area contributed by atoms with E-state index in [9.17, 15) is 4.79 Å². The molecule has 3 heterocycles. The van der Waals surface area contributed by atoms with Gasteiger partial charge in [0.15, 0.2) is 0 Å². The molecule has 3 rings (SSSR count). The first-order chi connectivity index (χ1) is 10.7. The van der Waals surface area contributed by atoms with Gasteiger partial charge in [-0.15, -0.1) is 11.8 Å². The zero-order chi connectivity index (χ0) is 15.5. The molecule has 6 heteroatoms. The molecular weight excluding hydrogens is 298 g/mol. The summed E-state index contributed by atoms with van der Waals surface area (Å²) in [6.07, 6.45) is 6.70. The maximum Gasteiger partial charge on any atom is 0.257 e. The molecule has 1 atom stereocenters. The third-order valence-electron chi connectivity index (χ3n) is 3.95. The topological polar surface area (TPSA) is 59.2 Å². The number of carbonyl (C=O) groups excluding carboxylic acids is 1. The number of hydrogen-bond acceptors (Lipinski definition) is 5. The minimum absolute atomic E-state index is 0.00591. The van der Waals surface area contributed by atoms with Crippen LogP contribution < -0.4 is 0 Å². The van der Waals surface area contributed by atoms with Crippen LogP contribution >= 0.6 is 11.8 Å². The van der Waals surface area contributed by atoms with Gasteiger partial charge in [-0.25, -0.2) is 4.98 Å². The minimum atomic E-state index is -0.00591. The van der Waals surface area contributed by atoms with Crippen LogP contribution in [0.15, 0.2) is 33.9 Å². The van der Waals surface area contributed by atoms with Crippen LogP contribution in [-0.4, -0.2) is 33.7 Å². The molecule has 1 saturated heterocycles. The lowest BCUT2D eigenvalue weighted by molar-refractivity contribution is 0.0597. The molecule has 2 aromatic heterocycles. The summed E-state index contributed by atoms with van der Waals surface area (Å²) in [4.78, 5) is 19.2. The highest BCUT2D eigenvalue weighted by molar-refractivity contribution is 7.98. The highest BCUT2D eigenvalue weighted by Gasteiger charge is 2.31. The molecule has 5 nitrogen and oxygen atoms in total. The van der Waals surface area contributed by atoms with Crippen LogP contribution in [0.3, 0.4) is 0 Å². The molecule has 1 aliphatic rings. The average Bonchev–Trinajstić information content (AvgIpc) is 3.00. The molecule has 1 aliphatic heterocycles. The standard InChI is InChI=1S/C16H19N3O2S/c1-11-10-13(18-21-11)14-7-3-4-9-19(14)16(20)12-6-5-8-17-15(12)22-2/h5-6,8,10,14H,3-4,7,9H2,1-2H3/t14-/m1/s1. The van der Waals surface area contributed by atoms with Gasteiger partial charge in [0.25, 0.3) is 5.91 Å². The summed E-state index contributed by atoms with van der Waals surface area (Å²) in [5, 5.41) is 4.89. The van der Waals surface area contributed by atoms with Crippen molar-refractivity contribution >= 4 is 17.7 Å². The molecule has 22 heavy (non-hydrogen) atoms. The number of rotatable bonds is 3. The molecule has 2 aromatic rings. The molecule has 116 valence electrons. The van der Waals surface area contributed by atoms with Gasteiger partial charge in [0.1, 0.15) is 16.5 Å². The lowest BCUT2D eigenvalue weighted by atomic mass is 9.98. The van der Waals surface area contributed by atoms with Gasteiger partial charge in [-0.1, -0.05) is 5.16 Å². The Kier molecular flexibility index (Phi) is 4.47. The fourth-order valence-corrected chi connectivity index (χ4v) is 3.44. The molecule has 0 saturated carbocycles. The van der Waals surface area contributed by atoms with E-state index in [-0.39, 0.29) is 11.9 Å². The molecule has 1 amide bonds. The van der Waals surface area contributed by atoms with Gasteiger partial charge >= 0.3 is 0 Å². The Morgan fingerprint density at radius 3 is 3.05 bits per heavy atom. The summed E-state index contributed by atoms with van der Waals surface area (Å²) in [6.45, 7) is 2.62. The quantitative estimate of drug-likeness (QED) is 0.811. The van der Waals surface area contributed by atoms with Crippen LogP contribution in [-0.2, 0) is 0 Å². The normalized spacial score (nSPS) is 18.5. The maximum atomic E-state index is 13.0. The Balaban J connectivity index is 1.91. The third-order valence-corrected chi connectivity index (χ3v) is 4.66. The zero-order valence-corrected chi connectivity index (χ0v) is 13.6. The summed E-state index contributed by atoms with van der Waals surface area (Å²) >= 11 is 1.50. The van der Waals surface area contributed by atoms with E-state index in [1.54, 1.807) is 6.20 Å². The van der Waals surface area contributed by atoms with E-state index in [2.05, 4.69) is 10.1 Å². The van der Waals surface area contributed by atoms with Crippen LogP contribution in [0.5, 0.6) is 0 Å². The van der Waals surface area contributed by atoms with Crippen molar-refractivity contribution in [2.24, 2.45) is 0 Å². The van der Waals surface area contributed by atoms with Crippen LogP contribution in [0.4, 0.5) is 0 Å². The number of aromatic nitrogens is 2. The number of pyridine rings is 1. The highest BCUT2D eigenvalue weighted by atomic mass is 32.2. The van der Waals surface area contributed by atoms with Crippen LogP contribution in [0.25, 0.3) is 0 Å². The lowest BCUT2D eigenvalue weighted by Crippen LogP contribution is -2.39. The molecule has 0 unspecified atom stereocenters. The highest BCUT2D eigenvalue weighted by Crippen LogP contribution is 2.32. The molecule has 0 bridgehead atoms. The average molecular weight is 317 g/mol. The van der Waals surface area contributed by atoms with E-state index in [1.165, 1.54) is 11.8 Å². The van der Waals surface area contributed by atoms with Crippen molar-refractivity contribution in [1.29, 1.82) is 0 Å². The number of thioether (sulfide) groups is 1. The van der Waals surface area contributed by atoms with E-state index in [0.717, 1.165) is 42.3 Å². The van der Waals surface area contributed by atoms with Crippen molar-refractivity contribution in [1.82, 2.24) is 15.0 Å². The van der Waals surface area contributed by atoms with Crippen molar-refractivity contribution < 1.29 is 9.32 Å². The summed E-state index contributed by atoms with van der Waals surface area (Å²) in [5.41, 5.74) is 1.52. The summed E-state index contributed by atoms with van der Waals surface area (Å²) in [6, 6.07) is 5.58. The Morgan fingerprint density at radius 2 is 2.32 bits per heavy atom. The maximum absolute atomic E-state index is 13.0. The number of carbonyl (C=O) groups is 1. The monoisotopic (exact) mass is 317 g/mol. The molecule has 0 radical (unpaired) electrons. The number of amides is 1. The largest absolute Gasteiger partial charge is 0.361 e. The van der Waals surface area contributed by atoms with E-state index in [1.807, 2.05) is 36.3 Å². The first-order valence-electron chi connectivity index (χ1n) is 7.44. The van der Waals surface area contributed by atoms with E-state index in [0.29, 0.717) is 5.56 Å². The second kappa shape index (κ2) is 6.52. The fraction of sp³-hybridized carbons (Fsp3) is 0.438. The molecular formula is C16H19N3O2S. The molecule has 0 aromatic carbocycles. The predicted octanol–water partition coefficient (Wildman–Crippen LogP) is 3.47. The Morgan fingerprint density at radius 1 is 1.45 bits per heavy atom. The fourth-order valence-electron chi connectivity index (χ4n) is 2.90. The van der Waals surface area contributed by atoms with Crippen molar-refractivity contribution in [2.75, 3.05) is 12.8 Å². The molecule has 1 fully saturated rings. The van der Waals surface area contributed by atoms with Crippen molar-refractivity contribution in [3.05, 3.63) is 41.4 Å². The second-order valence-electron chi connectivity index (χ2n) is 5.43. The predicted molar refractivity (Wildman–Crippen MR) is 84.9 cm³/mol. The Labute approximate surface area is 134 Å². The first kappa shape index (κ1) is 15.1. The first-order valence-corrected chi connectivity index (χ1v) is 8.66. The number of piperidine rings is 1. The minimum Gasteiger partial charge on any atom is -0.361 e. The van der Waals surface area contributed by atoms with Crippen LogP contribution in [0.1, 0.15) is 47.1 Å². The van der Waals surface area contributed by atoms with Crippen molar-refractivity contribution in [3.8, 4) is 0 Å². The lowest BCUT2D eigenvalue weighted by Gasteiger charge is -2.34. The number of hydrogen-bond donors (Lipinski definition) is 0. The summed E-state index contributed by atoms with van der Waals surface area (Å²) in [5.74, 6) is 0.807. The van der Waals surface area contributed by atoms with E-state index >= 15 is 0 Å². The van der Waals surface area contributed by atoms with Gasteiger partial charge in [0.2, 0.25) is 0 Å². The number of aryl methyl sites for hydroxylation is 1. The van der Waals surface area contributed by atoms with Gasteiger partial charge in [0.05, 0.1) is 11.6 Å². The smallest absolute Gasteiger partial charge is 0.257 e. The number of likely N-dealkylation sites (tertiary alicyclic amines) is 1. The third kappa shape index (κ3) is 2.88. The van der Waals surface area contributed by atoms with Gasteiger partial charge in [0, 0.05) is 18.8 Å². The van der Waals surface area contributed by atoms with Gasteiger partial charge < -0.3 is 9.42 Å². The molecule has 0 aliphatic carbocycles. The van der Waals surface area contributed by atoms with Gasteiger partial charge in [-0.2, -0.15) is 0 Å². The van der Waals surface area contributed by atoms with Gasteiger partial charge in [-0.3, -0.25) is 4.79 Å². The van der Waals surface area contributed by atoms with Gasteiger partial charge in [-0.05, 0) is 44.6 Å². The van der Waals surface area contributed by atoms with Crippen LogP contribution in [0.2, 0.25) is 0 Å². The SMILES string of the molecule is CSc1ncccc1C(=O)N1CCCC[C@@H]1c1cc(C)on1. The zero-order valence-electron chi connectivity index (χ0n) is 12.8. The van der Waals surface area contributed by atoms with Crippen LogP contribution in [0, 0.1) is 6.92 Å². The van der Waals surface area contributed by atoms with E-state index < -0.39 is 0 Å².